The Hall–Kier alpha value is -2.53. The fraction of sp³-hybridized carbons (Fsp3) is 0.538. The molecule has 0 aliphatic carbocycles. The molecule has 4 rings (SSSR count). The van der Waals surface area contributed by atoms with Gasteiger partial charge in [-0.3, -0.25) is 9.69 Å². The second kappa shape index (κ2) is 12.1. The van der Waals surface area contributed by atoms with Crippen molar-refractivity contribution in [1.82, 2.24) is 19.7 Å². The molecule has 36 heavy (non-hydrogen) atoms. The van der Waals surface area contributed by atoms with E-state index in [0.29, 0.717) is 38.2 Å². The van der Waals surface area contributed by atoms with Crippen LogP contribution in [0.3, 0.4) is 0 Å². The number of hydrogen-bond donors (Lipinski definition) is 1. The molecule has 1 N–H and O–H groups in total. The minimum absolute atomic E-state index is 0.0110. The summed E-state index contributed by atoms with van der Waals surface area (Å²) in [6, 6.07) is 7.91. The van der Waals surface area contributed by atoms with Crippen LogP contribution < -0.4 is 5.32 Å². The van der Waals surface area contributed by atoms with E-state index in [0.717, 1.165) is 50.4 Å². The lowest BCUT2D eigenvalue weighted by Crippen LogP contribution is -2.43. The molecule has 2 saturated heterocycles. The third-order valence-corrected chi connectivity index (χ3v) is 8.87. The van der Waals surface area contributed by atoms with Crippen LogP contribution in [0.2, 0.25) is 0 Å². The van der Waals surface area contributed by atoms with E-state index >= 15 is 0 Å². The van der Waals surface area contributed by atoms with Crippen LogP contribution in [0, 0.1) is 19.8 Å². The molecule has 2 fully saturated rings. The molecule has 0 bridgehead atoms. The van der Waals surface area contributed by atoms with Crippen molar-refractivity contribution in [1.29, 1.82) is 0 Å². The molecule has 9 nitrogen and oxygen atoms in total. The standard InChI is InChI=1S/C26H36N4O5S/c1-20-4-6-22(7-5-20)8-9-24-25(21(2)28-35-24)36(32,33)30-14-10-23(11-15-30)26(31)27-12-3-13-29-16-18-34-19-17-29/h4-9,23H,3,10-19H2,1-2H3,(H,27,31)/b9-8+. The Morgan fingerprint density at radius 2 is 1.78 bits per heavy atom. The van der Waals surface area contributed by atoms with Crippen molar-refractivity contribution in [3.8, 4) is 0 Å². The number of sulfonamides is 1. The van der Waals surface area contributed by atoms with Crippen LogP contribution in [0.4, 0.5) is 0 Å². The summed E-state index contributed by atoms with van der Waals surface area (Å²) in [5.74, 6) is 0.0504. The number of nitrogens with zero attached hydrogens (tertiary/aromatic N) is 3. The highest BCUT2D eigenvalue weighted by molar-refractivity contribution is 7.89. The summed E-state index contributed by atoms with van der Waals surface area (Å²) in [4.78, 5) is 15.1. The Labute approximate surface area is 213 Å². The number of hydrogen-bond acceptors (Lipinski definition) is 7. The molecule has 0 radical (unpaired) electrons. The highest BCUT2D eigenvalue weighted by Gasteiger charge is 2.35. The molecule has 0 spiro atoms. The monoisotopic (exact) mass is 516 g/mol. The van der Waals surface area contributed by atoms with E-state index in [1.54, 1.807) is 13.0 Å². The SMILES string of the molecule is Cc1ccc(/C=C/c2onc(C)c2S(=O)(=O)N2CCC(C(=O)NCCCN3CCOCC3)CC2)cc1. The number of aromatic nitrogens is 1. The van der Waals surface area contributed by atoms with Crippen molar-refractivity contribution in [3.63, 3.8) is 0 Å². The van der Waals surface area contributed by atoms with Crippen molar-refractivity contribution in [2.45, 2.75) is 38.0 Å². The lowest BCUT2D eigenvalue weighted by atomic mass is 9.97. The fourth-order valence-electron chi connectivity index (χ4n) is 4.62. The average molecular weight is 517 g/mol. The Kier molecular flexibility index (Phi) is 8.95. The molecule has 1 aromatic carbocycles. The maximum absolute atomic E-state index is 13.5. The van der Waals surface area contributed by atoms with Crippen LogP contribution in [-0.2, 0) is 19.6 Å². The normalized spacial score (nSPS) is 18.6. The van der Waals surface area contributed by atoms with Crippen LogP contribution in [0.25, 0.3) is 12.2 Å². The van der Waals surface area contributed by atoms with Crippen LogP contribution >= 0.6 is 0 Å². The molecule has 2 aromatic rings. The first-order valence-corrected chi connectivity index (χ1v) is 14.1. The van der Waals surface area contributed by atoms with Crippen LogP contribution in [-0.4, -0.2) is 81.2 Å². The van der Waals surface area contributed by atoms with E-state index in [1.165, 1.54) is 4.31 Å². The van der Waals surface area contributed by atoms with Gasteiger partial charge in [-0.1, -0.05) is 41.1 Å². The van der Waals surface area contributed by atoms with Gasteiger partial charge in [0.25, 0.3) is 0 Å². The lowest BCUT2D eigenvalue weighted by molar-refractivity contribution is -0.126. The predicted octanol–water partition coefficient (Wildman–Crippen LogP) is 2.70. The van der Waals surface area contributed by atoms with Crippen molar-refractivity contribution < 1.29 is 22.5 Å². The zero-order valence-electron chi connectivity index (χ0n) is 21.1. The van der Waals surface area contributed by atoms with E-state index in [4.69, 9.17) is 9.26 Å². The number of ether oxygens (including phenoxy) is 1. The molecule has 3 heterocycles. The van der Waals surface area contributed by atoms with E-state index in [-0.39, 0.29) is 22.5 Å². The van der Waals surface area contributed by atoms with Crippen molar-refractivity contribution >= 4 is 28.1 Å². The van der Waals surface area contributed by atoms with Crippen molar-refractivity contribution in [3.05, 3.63) is 46.8 Å². The third-order valence-electron chi connectivity index (χ3n) is 6.81. The molecule has 196 valence electrons. The zero-order valence-corrected chi connectivity index (χ0v) is 21.9. The van der Waals surface area contributed by atoms with Crippen LogP contribution in [0.1, 0.15) is 41.8 Å². The summed E-state index contributed by atoms with van der Waals surface area (Å²) in [6.45, 7) is 9.23. The molecule has 1 amide bonds. The van der Waals surface area contributed by atoms with Gasteiger partial charge in [0.2, 0.25) is 15.9 Å². The second-order valence-electron chi connectivity index (χ2n) is 9.48. The van der Waals surface area contributed by atoms with Gasteiger partial charge in [-0.25, -0.2) is 8.42 Å². The molecule has 1 aromatic heterocycles. The average Bonchev–Trinajstić information content (AvgIpc) is 3.28. The number of amides is 1. The summed E-state index contributed by atoms with van der Waals surface area (Å²) >= 11 is 0. The van der Waals surface area contributed by atoms with Crippen LogP contribution in [0.5, 0.6) is 0 Å². The van der Waals surface area contributed by atoms with E-state index in [9.17, 15) is 13.2 Å². The first-order valence-electron chi connectivity index (χ1n) is 12.6. The Balaban J connectivity index is 1.30. The lowest BCUT2D eigenvalue weighted by Gasteiger charge is -2.30. The van der Waals surface area contributed by atoms with Crippen molar-refractivity contribution in [2.75, 3.05) is 52.5 Å². The van der Waals surface area contributed by atoms with Gasteiger partial charge < -0.3 is 14.6 Å². The predicted molar refractivity (Wildman–Crippen MR) is 138 cm³/mol. The van der Waals surface area contributed by atoms with Crippen molar-refractivity contribution in [2.24, 2.45) is 5.92 Å². The second-order valence-corrected chi connectivity index (χ2v) is 11.4. The van der Waals surface area contributed by atoms with Gasteiger partial charge in [0.1, 0.15) is 5.69 Å². The third kappa shape index (κ3) is 6.61. The highest BCUT2D eigenvalue weighted by Crippen LogP contribution is 2.29. The zero-order chi connectivity index (χ0) is 25.5. The number of nitrogens with one attached hydrogen (secondary N) is 1. The Bertz CT molecular complexity index is 1150. The molecule has 10 heteroatoms. The minimum Gasteiger partial charge on any atom is -0.379 e. The maximum atomic E-state index is 13.5. The van der Waals surface area contributed by atoms with E-state index in [1.807, 2.05) is 37.3 Å². The van der Waals surface area contributed by atoms with Gasteiger partial charge in [0.05, 0.1) is 13.2 Å². The smallest absolute Gasteiger partial charge is 0.248 e. The highest BCUT2D eigenvalue weighted by atomic mass is 32.2. The summed E-state index contributed by atoms with van der Waals surface area (Å²) < 4.78 is 39.1. The number of rotatable bonds is 9. The molecule has 2 aliphatic rings. The number of benzene rings is 1. The van der Waals surface area contributed by atoms with Gasteiger partial charge >= 0.3 is 0 Å². The summed E-state index contributed by atoms with van der Waals surface area (Å²) in [5.41, 5.74) is 2.42. The molecule has 0 saturated carbocycles. The number of aryl methyl sites for hydroxylation is 2. The van der Waals surface area contributed by atoms with E-state index < -0.39 is 10.0 Å². The summed E-state index contributed by atoms with van der Waals surface area (Å²) in [6.07, 6.45) is 5.34. The quantitative estimate of drug-likeness (QED) is 0.511. The van der Waals surface area contributed by atoms with Crippen LogP contribution in [0.15, 0.2) is 33.7 Å². The number of carbonyl (C=O) groups excluding carboxylic acids is 1. The number of piperidine rings is 1. The topological polar surface area (TPSA) is 105 Å². The van der Waals surface area contributed by atoms with Gasteiger partial charge in [0, 0.05) is 38.6 Å². The Morgan fingerprint density at radius 3 is 2.47 bits per heavy atom. The first-order chi connectivity index (χ1) is 17.3. The first kappa shape index (κ1) is 26.5. The molecule has 0 atom stereocenters. The van der Waals surface area contributed by atoms with Gasteiger partial charge in [-0.05, 0) is 51.3 Å². The largest absolute Gasteiger partial charge is 0.379 e. The maximum Gasteiger partial charge on any atom is 0.248 e. The molecule has 2 aliphatic heterocycles. The molecule has 0 unspecified atom stereocenters. The minimum atomic E-state index is -3.80. The van der Waals surface area contributed by atoms with Gasteiger partial charge in [-0.15, -0.1) is 0 Å². The fourth-order valence-corrected chi connectivity index (χ4v) is 6.34. The van der Waals surface area contributed by atoms with Gasteiger partial charge in [-0.2, -0.15) is 4.31 Å². The molecular weight excluding hydrogens is 480 g/mol. The van der Waals surface area contributed by atoms with Gasteiger partial charge in [0.15, 0.2) is 10.7 Å². The number of morpholine rings is 1. The van der Waals surface area contributed by atoms with E-state index in [2.05, 4.69) is 15.4 Å². The summed E-state index contributed by atoms with van der Waals surface area (Å²) in [5, 5.41) is 6.94. The summed E-state index contributed by atoms with van der Waals surface area (Å²) in [7, 11) is -3.80. The Morgan fingerprint density at radius 1 is 1.08 bits per heavy atom. The number of carbonyl (C=O) groups is 1. The molecular formula is C26H36N4O5S.